The second kappa shape index (κ2) is 9.92. The maximum absolute atomic E-state index is 8.71. The number of likely N-dealkylation sites (N-methyl/N-ethyl adjacent to an activating group) is 1. The van der Waals surface area contributed by atoms with Crippen LogP contribution in [0.25, 0.3) is 0 Å². The second-order valence-electron chi connectivity index (χ2n) is 2.76. The van der Waals surface area contributed by atoms with Crippen molar-refractivity contribution in [1.29, 1.82) is 0 Å². The van der Waals surface area contributed by atoms with Gasteiger partial charge in [-0.1, -0.05) is 6.92 Å². The summed E-state index contributed by atoms with van der Waals surface area (Å²) in [6.45, 7) is 6.84. The van der Waals surface area contributed by atoms with E-state index in [0.29, 0.717) is 19.8 Å². The first-order valence-corrected chi connectivity index (χ1v) is 4.75. The minimum atomic E-state index is 0.214. The van der Waals surface area contributed by atoms with Crippen LogP contribution < -0.4 is 0 Å². The zero-order valence-electron chi connectivity index (χ0n) is 8.66. The molecule has 0 rings (SSSR count). The van der Waals surface area contributed by atoms with Crippen molar-refractivity contribution in [3.05, 3.63) is 0 Å². The molecule has 0 amide bonds. The summed E-state index contributed by atoms with van der Waals surface area (Å²) in [5, 5.41) is 8.71. The summed E-state index contributed by atoms with van der Waals surface area (Å²) in [6, 6.07) is 0. The SMILES string of the molecule is CCN(CCO)CCOCCOC. The number of aliphatic hydroxyl groups is 1. The van der Waals surface area contributed by atoms with Gasteiger partial charge in [0, 0.05) is 20.2 Å². The fraction of sp³-hybridized carbons (Fsp3) is 1.00. The van der Waals surface area contributed by atoms with E-state index in [1.54, 1.807) is 7.11 Å². The van der Waals surface area contributed by atoms with Gasteiger partial charge in [0.1, 0.15) is 0 Å². The van der Waals surface area contributed by atoms with E-state index in [0.717, 1.165) is 19.6 Å². The summed E-state index contributed by atoms with van der Waals surface area (Å²) >= 11 is 0. The number of hydrogen-bond donors (Lipinski definition) is 1. The molecule has 0 saturated carbocycles. The van der Waals surface area contributed by atoms with Crippen LogP contribution in [0.5, 0.6) is 0 Å². The lowest BCUT2D eigenvalue weighted by atomic mass is 10.5. The molecule has 0 bridgehead atoms. The average molecular weight is 191 g/mol. The van der Waals surface area contributed by atoms with Crippen molar-refractivity contribution in [3.63, 3.8) is 0 Å². The van der Waals surface area contributed by atoms with Crippen molar-refractivity contribution in [2.45, 2.75) is 6.92 Å². The van der Waals surface area contributed by atoms with Gasteiger partial charge in [-0.15, -0.1) is 0 Å². The summed E-state index contributed by atoms with van der Waals surface area (Å²) in [6.07, 6.45) is 0. The van der Waals surface area contributed by atoms with Gasteiger partial charge in [-0.2, -0.15) is 0 Å². The molecule has 4 nitrogen and oxygen atoms in total. The van der Waals surface area contributed by atoms with Crippen LogP contribution in [0.4, 0.5) is 0 Å². The first kappa shape index (κ1) is 12.8. The molecular weight excluding hydrogens is 170 g/mol. The molecule has 0 heterocycles. The van der Waals surface area contributed by atoms with Crippen molar-refractivity contribution in [1.82, 2.24) is 4.90 Å². The molecule has 80 valence electrons. The van der Waals surface area contributed by atoms with Crippen molar-refractivity contribution in [2.24, 2.45) is 0 Å². The highest BCUT2D eigenvalue weighted by molar-refractivity contribution is 4.52. The minimum absolute atomic E-state index is 0.214. The summed E-state index contributed by atoms with van der Waals surface area (Å²) in [5.41, 5.74) is 0. The molecule has 0 aliphatic carbocycles. The number of hydrogen-bond acceptors (Lipinski definition) is 4. The van der Waals surface area contributed by atoms with E-state index in [-0.39, 0.29) is 6.61 Å². The number of methoxy groups -OCH3 is 1. The Kier molecular flexibility index (Phi) is 9.80. The standard InChI is InChI=1S/C9H21NO3/c1-3-10(4-6-11)5-7-13-9-8-12-2/h11H,3-9H2,1-2H3. The van der Waals surface area contributed by atoms with E-state index >= 15 is 0 Å². The monoisotopic (exact) mass is 191 g/mol. The van der Waals surface area contributed by atoms with Gasteiger partial charge in [0.15, 0.2) is 0 Å². The van der Waals surface area contributed by atoms with Crippen molar-refractivity contribution < 1.29 is 14.6 Å². The van der Waals surface area contributed by atoms with E-state index in [1.165, 1.54) is 0 Å². The maximum Gasteiger partial charge on any atom is 0.0700 e. The quantitative estimate of drug-likeness (QED) is 0.519. The molecule has 0 saturated heterocycles. The van der Waals surface area contributed by atoms with Crippen molar-refractivity contribution >= 4 is 0 Å². The van der Waals surface area contributed by atoms with Gasteiger partial charge in [-0.05, 0) is 6.54 Å². The number of nitrogens with zero attached hydrogens (tertiary/aromatic N) is 1. The van der Waals surface area contributed by atoms with Gasteiger partial charge >= 0.3 is 0 Å². The van der Waals surface area contributed by atoms with Gasteiger partial charge in [0.2, 0.25) is 0 Å². The van der Waals surface area contributed by atoms with Crippen LogP contribution in [0.15, 0.2) is 0 Å². The molecule has 0 spiro atoms. The van der Waals surface area contributed by atoms with E-state index in [2.05, 4.69) is 11.8 Å². The molecule has 0 unspecified atom stereocenters. The third-order valence-electron chi connectivity index (χ3n) is 1.85. The summed E-state index contributed by atoms with van der Waals surface area (Å²) in [4.78, 5) is 2.15. The third kappa shape index (κ3) is 8.18. The first-order valence-electron chi connectivity index (χ1n) is 4.75. The third-order valence-corrected chi connectivity index (χ3v) is 1.85. The zero-order valence-corrected chi connectivity index (χ0v) is 8.66. The van der Waals surface area contributed by atoms with E-state index in [9.17, 15) is 0 Å². The topological polar surface area (TPSA) is 41.9 Å². The Bertz CT molecular complexity index is 101. The molecule has 13 heavy (non-hydrogen) atoms. The van der Waals surface area contributed by atoms with Crippen LogP contribution in [0.3, 0.4) is 0 Å². The van der Waals surface area contributed by atoms with Crippen LogP contribution in [0, 0.1) is 0 Å². The van der Waals surface area contributed by atoms with Gasteiger partial charge in [0.05, 0.1) is 26.4 Å². The highest BCUT2D eigenvalue weighted by atomic mass is 16.5. The Hall–Kier alpha value is -0.160. The van der Waals surface area contributed by atoms with Crippen molar-refractivity contribution in [2.75, 3.05) is 53.2 Å². The lowest BCUT2D eigenvalue weighted by Gasteiger charge is -2.18. The predicted molar refractivity (Wildman–Crippen MR) is 51.9 cm³/mol. The largest absolute Gasteiger partial charge is 0.395 e. The van der Waals surface area contributed by atoms with Crippen LogP contribution in [-0.4, -0.2) is 63.2 Å². The lowest BCUT2D eigenvalue weighted by Crippen LogP contribution is -2.30. The Labute approximate surface area is 80.4 Å². The zero-order chi connectivity index (χ0) is 9.94. The Balaban J connectivity index is 3.17. The summed E-state index contributed by atoms with van der Waals surface area (Å²) in [5.74, 6) is 0. The summed E-state index contributed by atoms with van der Waals surface area (Å²) in [7, 11) is 1.66. The van der Waals surface area contributed by atoms with Crippen LogP contribution >= 0.6 is 0 Å². The van der Waals surface area contributed by atoms with Crippen LogP contribution in [0.2, 0.25) is 0 Å². The molecule has 0 aromatic rings. The smallest absolute Gasteiger partial charge is 0.0700 e. The molecule has 4 heteroatoms. The fourth-order valence-electron chi connectivity index (χ4n) is 1.01. The molecule has 0 aliphatic rings. The molecule has 0 aliphatic heterocycles. The minimum Gasteiger partial charge on any atom is -0.395 e. The molecule has 0 aromatic carbocycles. The fourth-order valence-corrected chi connectivity index (χ4v) is 1.01. The normalized spacial score (nSPS) is 11.1. The molecule has 0 fully saturated rings. The maximum atomic E-state index is 8.71. The molecule has 0 atom stereocenters. The van der Waals surface area contributed by atoms with Gasteiger partial charge in [0.25, 0.3) is 0 Å². The Morgan fingerprint density at radius 2 is 1.92 bits per heavy atom. The van der Waals surface area contributed by atoms with E-state index in [4.69, 9.17) is 14.6 Å². The predicted octanol–water partition coefficient (Wildman–Crippen LogP) is -0.0364. The van der Waals surface area contributed by atoms with Gasteiger partial charge in [-0.3, -0.25) is 4.90 Å². The van der Waals surface area contributed by atoms with Crippen LogP contribution in [0.1, 0.15) is 6.92 Å². The molecule has 0 radical (unpaired) electrons. The molecule has 1 N–H and O–H groups in total. The van der Waals surface area contributed by atoms with Crippen molar-refractivity contribution in [3.8, 4) is 0 Å². The number of ether oxygens (including phenoxy) is 2. The Morgan fingerprint density at radius 1 is 1.15 bits per heavy atom. The highest BCUT2D eigenvalue weighted by Gasteiger charge is 1.99. The molecular formula is C9H21NO3. The first-order chi connectivity index (χ1) is 6.35. The Morgan fingerprint density at radius 3 is 2.46 bits per heavy atom. The van der Waals surface area contributed by atoms with Gasteiger partial charge in [-0.25, -0.2) is 0 Å². The average Bonchev–Trinajstić information content (AvgIpc) is 2.16. The number of rotatable bonds is 9. The lowest BCUT2D eigenvalue weighted by molar-refractivity contribution is 0.0553. The van der Waals surface area contributed by atoms with E-state index in [1.807, 2.05) is 0 Å². The molecule has 0 aromatic heterocycles. The number of aliphatic hydroxyl groups excluding tert-OH is 1. The highest BCUT2D eigenvalue weighted by Crippen LogP contribution is 1.87. The van der Waals surface area contributed by atoms with E-state index < -0.39 is 0 Å². The van der Waals surface area contributed by atoms with Gasteiger partial charge < -0.3 is 14.6 Å². The second-order valence-corrected chi connectivity index (χ2v) is 2.76. The van der Waals surface area contributed by atoms with Crippen LogP contribution in [-0.2, 0) is 9.47 Å². The summed E-state index contributed by atoms with van der Waals surface area (Å²) < 4.78 is 10.1.